The molecule has 0 radical (unpaired) electrons. The van der Waals surface area contributed by atoms with Gasteiger partial charge in [-0.25, -0.2) is 0 Å². The first-order valence-electron chi connectivity index (χ1n) is 13.3. The van der Waals surface area contributed by atoms with Crippen LogP contribution in [0.5, 0.6) is 11.5 Å². The van der Waals surface area contributed by atoms with Crippen LogP contribution in [0.25, 0.3) is 0 Å². The zero-order valence-corrected chi connectivity index (χ0v) is 22.0. The Labute approximate surface area is 227 Å². The molecule has 1 N–H and O–H groups in total. The maximum Gasteiger partial charge on any atom is 0.256 e. The summed E-state index contributed by atoms with van der Waals surface area (Å²) in [5.74, 6) is 1.61. The van der Waals surface area contributed by atoms with E-state index in [0.717, 1.165) is 42.4 Å². The molecule has 2 amide bonds. The molecule has 0 aliphatic carbocycles. The molecule has 3 aliphatic heterocycles. The van der Waals surface area contributed by atoms with Gasteiger partial charge in [-0.3, -0.25) is 14.5 Å². The number of carbonyl (C=O) groups excluding carboxylic acids is 2. The van der Waals surface area contributed by atoms with Crippen molar-refractivity contribution in [3.8, 4) is 11.5 Å². The van der Waals surface area contributed by atoms with Crippen LogP contribution in [0.2, 0.25) is 0 Å². The average molecular weight is 529 g/mol. The highest BCUT2D eigenvalue weighted by Crippen LogP contribution is 2.35. The Hall–Kier alpha value is -4.08. The van der Waals surface area contributed by atoms with Gasteiger partial charge in [0.25, 0.3) is 11.8 Å². The average Bonchev–Trinajstić information content (AvgIpc) is 3.54. The fourth-order valence-electron chi connectivity index (χ4n) is 5.40. The highest BCUT2D eigenvalue weighted by Gasteiger charge is 2.36. The van der Waals surface area contributed by atoms with Gasteiger partial charge in [0.1, 0.15) is 6.17 Å². The summed E-state index contributed by atoms with van der Waals surface area (Å²) in [5.41, 5.74) is 4.32. The number of nitrogens with one attached hydrogen (secondary N) is 1. The van der Waals surface area contributed by atoms with E-state index in [2.05, 4.69) is 16.3 Å². The van der Waals surface area contributed by atoms with Crippen molar-refractivity contribution in [1.82, 2.24) is 14.7 Å². The first-order valence-corrected chi connectivity index (χ1v) is 13.3. The molecule has 1 atom stereocenters. The Morgan fingerprint density at radius 2 is 1.74 bits per heavy atom. The van der Waals surface area contributed by atoms with Crippen LogP contribution in [0.4, 0.5) is 5.69 Å². The van der Waals surface area contributed by atoms with E-state index in [0.29, 0.717) is 37.4 Å². The number of carbonyl (C=O) groups is 2. The molecule has 0 saturated carbocycles. The van der Waals surface area contributed by atoms with Crippen molar-refractivity contribution in [2.75, 3.05) is 58.6 Å². The van der Waals surface area contributed by atoms with Crippen LogP contribution in [0, 0.1) is 0 Å². The van der Waals surface area contributed by atoms with Crippen LogP contribution in [-0.4, -0.2) is 79.7 Å². The monoisotopic (exact) mass is 528 g/mol. The van der Waals surface area contributed by atoms with Crippen molar-refractivity contribution >= 4 is 17.5 Å². The highest BCUT2D eigenvalue weighted by atomic mass is 16.7. The molecule has 0 spiro atoms. The zero-order chi connectivity index (χ0) is 26.8. The maximum absolute atomic E-state index is 13.2. The molecule has 1 unspecified atom stereocenters. The predicted molar refractivity (Wildman–Crippen MR) is 146 cm³/mol. The first kappa shape index (κ1) is 25.2. The summed E-state index contributed by atoms with van der Waals surface area (Å²) in [4.78, 5) is 32.2. The predicted octanol–water partition coefficient (Wildman–Crippen LogP) is 3.59. The molecule has 6 rings (SSSR count). The molecule has 3 aromatic carbocycles. The zero-order valence-electron chi connectivity index (χ0n) is 22.0. The number of amides is 2. The summed E-state index contributed by atoms with van der Waals surface area (Å²) in [5, 5.41) is 3.48. The van der Waals surface area contributed by atoms with Gasteiger partial charge in [-0.05, 0) is 48.0 Å². The number of ether oxygens (including phenoxy) is 3. The first-order chi connectivity index (χ1) is 19.1. The number of methoxy groups -OCH3 is 1. The Balaban J connectivity index is 1.06. The van der Waals surface area contributed by atoms with Crippen molar-refractivity contribution < 1.29 is 23.8 Å². The van der Waals surface area contributed by atoms with Crippen molar-refractivity contribution in [3.05, 3.63) is 89.0 Å². The molecule has 3 aromatic rings. The lowest BCUT2D eigenvalue weighted by atomic mass is 10.1. The second kappa shape index (κ2) is 11.0. The van der Waals surface area contributed by atoms with Gasteiger partial charge in [-0.15, -0.1) is 0 Å². The van der Waals surface area contributed by atoms with Crippen LogP contribution >= 0.6 is 0 Å². The van der Waals surface area contributed by atoms with Gasteiger partial charge in [0.2, 0.25) is 6.79 Å². The summed E-state index contributed by atoms with van der Waals surface area (Å²) in [7, 11) is 1.63. The molecule has 9 nitrogen and oxygen atoms in total. The van der Waals surface area contributed by atoms with E-state index in [-0.39, 0.29) is 24.8 Å². The molecule has 3 aliphatic rings. The third kappa shape index (κ3) is 5.15. The smallest absolute Gasteiger partial charge is 0.256 e. The summed E-state index contributed by atoms with van der Waals surface area (Å²) in [6, 6.07) is 21.2. The van der Waals surface area contributed by atoms with Crippen molar-refractivity contribution in [2.24, 2.45) is 0 Å². The molecule has 0 aromatic heterocycles. The van der Waals surface area contributed by atoms with Crippen LogP contribution in [0.1, 0.15) is 38.0 Å². The van der Waals surface area contributed by atoms with Gasteiger partial charge in [-0.2, -0.15) is 0 Å². The van der Waals surface area contributed by atoms with E-state index in [1.807, 2.05) is 65.6 Å². The summed E-state index contributed by atoms with van der Waals surface area (Å²) in [6.07, 6.45) is -0.289. The second-order valence-electron chi connectivity index (χ2n) is 9.96. The van der Waals surface area contributed by atoms with E-state index >= 15 is 0 Å². The molecule has 0 bridgehead atoms. The van der Waals surface area contributed by atoms with Gasteiger partial charge in [0, 0.05) is 68.8 Å². The minimum atomic E-state index is -0.289. The minimum Gasteiger partial charge on any atom is -0.454 e. The van der Waals surface area contributed by atoms with E-state index < -0.39 is 0 Å². The maximum atomic E-state index is 13.2. The fraction of sp³-hybridized carbons (Fsp3) is 0.333. The number of rotatable bonds is 8. The van der Waals surface area contributed by atoms with E-state index in [1.165, 1.54) is 5.56 Å². The molecular formula is C30H32N4O5. The topological polar surface area (TPSA) is 83.6 Å². The van der Waals surface area contributed by atoms with Crippen molar-refractivity contribution in [2.45, 2.75) is 12.7 Å². The lowest BCUT2D eigenvalue weighted by Gasteiger charge is -2.35. The highest BCUT2D eigenvalue weighted by molar-refractivity contribution is 5.99. The number of fused-ring (bicyclic) bond motifs is 2. The normalized spacial score (nSPS) is 18.4. The Bertz CT molecular complexity index is 1350. The SMILES string of the molecule is COCCN1C(=O)c2ccccc2C1Nc1ccc(C(=O)N2CCN(Cc3ccc4c(c3)OCO4)CC2)cc1. The molecule has 202 valence electrons. The third-order valence-corrected chi connectivity index (χ3v) is 7.53. The van der Waals surface area contributed by atoms with Gasteiger partial charge in [-0.1, -0.05) is 24.3 Å². The number of hydrogen-bond donors (Lipinski definition) is 1. The quantitative estimate of drug-likeness (QED) is 0.479. The van der Waals surface area contributed by atoms with Gasteiger partial charge < -0.3 is 29.3 Å². The molecule has 39 heavy (non-hydrogen) atoms. The van der Waals surface area contributed by atoms with Crippen LogP contribution in [0.15, 0.2) is 66.7 Å². The van der Waals surface area contributed by atoms with Crippen molar-refractivity contribution in [3.63, 3.8) is 0 Å². The van der Waals surface area contributed by atoms with Crippen LogP contribution in [0.3, 0.4) is 0 Å². The standard InChI is InChI=1S/C30H32N4O5/c1-37-17-16-34-28(24-4-2-3-5-25(24)30(34)36)31-23-9-7-22(8-10-23)29(35)33-14-12-32(13-15-33)19-21-6-11-26-27(18-21)39-20-38-26/h2-11,18,28,31H,12-17,19-20H2,1H3. The Morgan fingerprint density at radius 3 is 2.54 bits per heavy atom. The number of benzene rings is 3. The van der Waals surface area contributed by atoms with E-state index in [1.54, 1.807) is 12.0 Å². The number of hydrogen-bond acceptors (Lipinski definition) is 7. The van der Waals surface area contributed by atoms with E-state index in [4.69, 9.17) is 14.2 Å². The molecule has 1 saturated heterocycles. The Kier molecular flexibility index (Phi) is 7.08. The lowest BCUT2D eigenvalue weighted by molar-refractivity contribution is 0.0628. The molecule has 3 heterocycles. The Morgan fingerprint density at radius 1 is 0.974 bits per heavy atom. The number of piperazine rings is 1. The second-order valence-corrected chi connectivity index (χ2v) is 9.96. The molecular weight excluding hydrogens is 496 g/mol. The number of anilines is 1. The molecule has 9 heteroatoms. The van der Waals surface area contributed by atoms with Gasteiger partial charge in [0.15, 0.2) is 11.5 Å². The van der Waals surface area contributed by atoms with Crippen molar-refractivity contribution in [1.29, 1.82) is 0 Å². The van der Waals surface area contributed by atoms with E-state index in [9.17, 15) is 9.59 Å². The third-order valence-electron chi connectivity index (χ3n) is 7.53. The number of nitrogens with zero attached hydrogens (tertiary/aromatic N) is 3. The van der Waals surface area contributed by atoms with Gasteiger partial charge in [0.05, 0.1) is 6.61 Å². The molecule has 1 fully saturated rings. The minimum absolute atomic E-state index is 0.00962. The largest absolute Gasteiger partial charge is 0.454 e. The van der Waals surface area contributed by atoms with Gasteiger partial charge >= 0.3 is 0 Å². The fourth-order valence-corrected chi connectivity index (χ4v) is 5.40. The lowest BCUT2D eigenvalue weighted by Crippen LogP contribution is -2.48. The van der Waals surface area contributed by atoms with Crippen LogP contribution in [-0.2, 0) is 11.3 Å². The summed E-state index contributed by atoms with van der Waals surface area (Å²) >= 11 is 0. The van der Waals surface area contributed by atoms with Crippen LogP contribution < -0.4 is 14.8 Å². The summed E-state index contributed by atoms with van der Waals surface area (Å²) in [6.45, 7) is 5.01. The summed E-state index contributed by atoms with van der Waals surface area (Å²) < 4.78 is 16.1.